The van der Waals surface area contributed by atoms with Gasteiger partial charge in [-0.1, -0.05) is 12.1 Å². The van der Waals surface area contributed by atoms with Gasteiger partial charge in [0.05, 0.1) is 6.54 Å². The molecule has 2 heterocycles. The number of pyridine rings is 1. The number of alkyl halides is 2. The van der Waals surface area contributed by atoms with E-state index < -0.39 is 29.6 Å². The van der Waals surface area contributed by atoms with Crippen molar-refractivity contribution in [1.82, 2.24) is 19.7 Å². The maximum Gasteiger partial charge on any atom is 0.323 e. The smallest absolute Gasteiger partial charge is 0.323 e. The van der Waals surface area contributed by atoms with E-state index in [-0.39, 0.29) is 5.56 Å². The monoisotopic (exact) mass is 426 g/mol. The molecule has 1 N–H and O–H groups in total. The summed E-state index contributed by atoms with van der Waals surface area (Å²) in [6.45, 7) is 0.953. The van der Waals surface area contributed by atoms with Crippen molar-refractivity contribution in [1.29, 1.82) is 0 Å². The summed E-state index contributed by atoms with van der Waals surface area (Å²) in [6.07, 6.45) is 2.43. The topological polar surface area (TPSA) is 63.8 Å². The van der Waals surface area contributed by atoms with Crippen LogP contribution in [0.3, 0.4) is 0 Å². The van der Waals surface area contributed by atoms with E-state index in [0.29, 0.717) is 10.3 Å². The molecule has 5 nitrogen and oxygen atoms in total. The summed E-state index contributed by atoms with van der Waals surface area (Å²) in [7, 11) is 0. The molecule has 0 amide bonds. The maximum atomic E-state index is 15.3. The number of aryl methyl sites for hydroxylation is 1. The Morgan fingerprint density at radius 1 is 1.19 bits per heavy atom. The van der Waals surface area contributed by atoms with Crippen LogP contribution >= 0.6 is 15.9 Å². The number of aromatic nitrogens is 4. The largest absolute Gasteiger partial charge is 0.377 e. The molecule has 136 valence electrons. The van der Waals surface area contributed by atoms with Gasteiger partial charge in [0.2, 0.25) is 0 Å². The molecule has 0 aliphatic heterocycles. The maximum absolute atomic E-state index is 15.3. The van der Waals surface area contributed by atoms with Crippen LogP contribution in [0.1, 0.15) is 17.1 Å². The number of nitrogens with zero attached hydrogens (tertiary/aromatic N) is 4. The van der Waals surface area contributed by atoms with Crippen molar-refractivity contribution in [3.05, 3.63) is 76.3 Å². The molecule has 0 radical (unpaired) electrons. The molecule has 26 heavy (non-hydrogen) atoms. The second-order valence-electron chi connectivity index (χ2n) is 5.80. The first-order valence-electron chi connectivity index (χ1n) is 7.57. The zero-order valence-corrected chi connectivity index (χ0v) is 15.2. The minimum atomic E-state index is -3.83. The Hall–Kier alpha value is -2.26. The van der Waals surface area contributed by atoms with Gasteiger partial charge in [-0.05, 0) is 52.7 Å². The highest BCUT2D eigenvalue weighted by molar-refractivity contribution is 9.10. The van der Waals surface area contributed by atoms with Gasteiger partial charge in [0.25, 0.3) is 0 Å². The number of benzene rings is 1. The van der Waals surface area contributed by atoms with E-state index in [1.54, 1.807) is 6.92 Å². The molecular weight excluding hydrogens is 413 g/mol. The fraction of sp³-hybridized carbons (Fsp3) is 0.235. The Kier molecular flexibility index (Phi) is 4.85. The molecule has 3 aromatic rings. The van der Waals surface area contributed by atoms with E-state index in [0.717, 1.165) is 22.9 Å². The third-order valence-electron chi connectivity index (χ3n) is 3.91. The molecule has 0 bridgehead atoms. The lowest BCUT2D eigenvalue weighted by Gasteiger charge is -2.35. The van der Waals surface area contributed by atoms with Crippen molar-refractivity contribution in [2.45, 2.75) is 25.0 Å². The van der Waals surface area contributed by atoms with Crippen LogP contribution in [0.15, 0.2) is 53.4 Å². The van der Waals surface area contributed by atoms with Crippen LogP contribution in [0, 0.1) is 12.7 Å². The average Bonchev–Trinajstić information content (AvgIpc) is 2.99. The van der Waals surface area contributed by atoms with Crippen LogP contribution < -0.4 is 0 Å². The standard InChI is InChI=1S/C17H14BrF3N4O/c1-11-23-10-25(24-11)9-16(26,12-3-2-4-14(19)7-12)17(20,21)15-6-5-13(18)8-22-15/h2-8,10,26H,9H2,1H3. The lowest BCUT2D eigenvalue weighted by Crippen LogP contribution is -2.47. The fourth-order valence-corrected chi connectivity index (χ4v) is 2.82. The van der Waals surface area contributed by atoms with Gasteiger partial charge in [0.1, 0.15) is 23.7 Å². The van der Waals surface area contributed by atoms with E-state index in [1.165, 1.54) is 30.7 Å². The summed E-state index contributed by atoms with van der Waals surface area (Å²) < 4.78 is 45.9. The molecule has 0 aliphatic rings. The van der Waals surface area contributed by atoms with Crippen molar-refractivity contribution >= 4 is 15.9 Å². The predicted octanol–water partition coefficient (Wildman–Crippen LogP) is 3.56. The summed E-state index contributed by atoms with van der Waals surface area (Å²) in [5, 5.41) is 15.0. The zero-order chi connectivity index (χ0) is 18.9. The zero-order valence-electron chi connectivity index (χ0n) is 13.6. The number of halogens is 4. The van der Waals surface area contributed by atoms with E-state index >= 15 is 8.78 Å². The lowest BCUT2D eigenvalue weighted by atomic mass is 9.85. The highest BCUT2D eigenvalue weighted by atomic mass is 79.9. The number of hydrogen-bond donors (Lipinski definition) is 1. The van der Waals surface area contributed by atoms with Crippen LogP contribution in [0.2, 0.25) is 0 Å². The average molecular weight is 427 g/mol. The van der Waals surface area contributed by atoms with Crippen LogP contribution in [0.5, 0.6) is 0 Å². The van der Waals surface area contributed by atoms with Gasteiger partial charge in [-0.2, -0.15) is 13.9 Å². The minimum absolute atomic E-state index is 0.291. The molecule has 0 saturated heterocycles. The fourth-order valence-electron chi connectivity index (χ4n) is 2.59. The molecule has 9 heteroatoms. The van der Waals surface area contributed by atoms with Crippen molar-refractivity contribution in [3.63, 3.8) is 0 Å². The van der Waals surface area contributed by atoms with Crippen LogP contribution in [-0.4, -0.2) is 24.9 Å². The Labute approximate surface area is 155 Å². The number of aliphatic hydroxyl groups is 1. The quantitative estimate of drug-likeness (QED) is 0.677. The summed E-state index contributed by atoms with van der Waals surface area (Å²) in [5.74, 6) is -4.21. The third-order valence-corrected chi connectivity index (χ3v) is 4.38. The normalized spacial score (nSPS) is 14.2. The van der Waals surface area contributed by atoms with Crippen molar-refractivity contribution < 1.29 is 18.3 Å². The minimum Gasteiger partial charge on any atom is -0.377 e. The molecule has 0 aliphatic carbocycles. The molecule has 1 atom stereocenters. The first-order chi connectivity index (χ1) is 12.2. The van der Waals surface area contributed by atoms with Gasteiger partial charge in [-0.15, -0.1) is 0 Å². The molecule has 0 saturated carbocycles. The molecule has 1 unspecified atom stereocenters. The van der Waals surface area contributed by atoms with Gasteiger partial charge >= 0.3 is 5.92 Å². The second-order valence-corrected chi connectivity index (χ2v) is 6.71. The van der Waals surface area contributed by atoms with Gasteiger partial charge in [-0.3, -0.25) is 4.98 Å². The first kappa shape index (κ1) is 18.5. The Morgan fingerprint density at radius 3 is 2.54 bits per heavy atom. The van der Waals surface area contributed by atoms with Gasteiger partial charge in [0, 0.05) is 10.7 Å². The van der Waals surface area contributed by atoms with Crippen LogP contribution in [0.25, 0.3) is 0 Å². The molecule has 1 aromatic carbocycles. The Bertz CT molecular complexity index is 916. The van der Waals surface area contributed by atoms with Crippen molar-refractivity contribution in [2.24, 2.45) is 0 Å². The summed E-state index contributed by atoms with van der Waals surface area (Å²) in [5.41, 5.74) is -3.74. The predicted molar refractivity (Wildman–Crippen MR) is 90.9 cm³/mol. The molecule has 3 rings (SSSR count). The van der Waals surface area contributed by atoms with Gasteiger partial charge in [-0.25, -0.2) is 14.1 Å². The molecule has 0 spiro atoms. The SMILES string of the molecule is Cc1ncn(CC(O)(c2cccc(F)c2)C(F)(F)c2ccc(Br)cn2)n1. The summed E-state index contributed by atoms with van der Waals surface area (Å²) in [4.78, 5) is 7.59. The number of hydrogen-bond acceptors (Lipinski definition) is 4. The highest BCUT2D eigenvalue weighted by Gasteiger charge is 2.56. The van der Waals surface area contributed by atoms with E-state index in [1.807, 2.05) is 0 Å². The molecule has 2 aromatic heterocycles. The van der Waals surface area contributed by atoms with E-state index in [9.17, 15) is 9.50 Å². The van der Waals surface area contributed by atoms with Crippen LogP contribution in [-0.2, 0) is 18.1 Å². The number of rotatable bonds is 5. The summed E-state index contributed by atoms with van der Waals surface area (Å²) >= 11 is 3.13. The highest BCUT2D eigenvalue weighted by Crippen LogP contribution is 2.46. The lowest BCUT2D eigenvalue weighted by molar-refractivity contribution is -0.206. The Morgan fingerprint density at radius 2 is 1.96 bits per heavy atom. The van der Waals surface area contributed by atoms with E-state index in [2.05, 4.69) is 31.0 Å². The van der Waals surface area contributed by atoms with Gasteiger partial charge in [0.15, 0.2) is 5.60 Å². The summed E-state index contributed by atoms with van der Waals surface area (Å²) in [6, 6.07) is 6.96. The Balaban J connectivity index is 2.14. The first-order valence-corrected chi connectivity index (χ1v) is 8.36. The van der Waals surface area contributed by atoms with Crippen LogP contribution in [0.4, 0.5) is 13.2 Å². The molecule has 0 fully saturated rings. The third kappa shape index (κ3) is 3.36. The van der Waals surface area contributed by atoms with Crippen molar-refractivity contribution in [2.75, 3.05) is 0 Å². The van der Waals surface area contributed by atoms with E-state index in [4.69, 9.17) is 0 Å². The second kappa shape index (κ2) is 6.81. The van der Waals surface area contributed by atoms with Gasteiger partial charge < -0.3 is 5.11 Å². The van der Waals surface area contributed by atoms with Crippen molar-refractivity contribution in [3.8, 4) is 0 Å². The molecular formula is C17H14BrF3N4O.